The zero-order valence-corrected chi connectivity index (χ0v) is 19.5. The van der Waals surface area contributed by atoms with Gasteiger partial charge in [-0.2, -0.15) is 4.31 Å². The summed E-state index contributed by atoms with van der Waals surface area (Å²) in [7, 11) is -3.43. The molecule has 2 aromatic carbocycles. The van der Waals surface area contributed by atoms with Crippen molar-refractivity contribution in [2.45, 2.75) is 26.6 Å². The molecule has 2 heterocycles. The first-order valence-electron chi connectivity index (χ1n) is 10.5. The van der Waals surface area contributed by atoms with Crippen LogP contribution in [0.15, 0.2) is 60.0 Å². The predicted octanol–water partition coefficient (Wildman–Crippen LogP) is 4.33. The van der Waals surface area contributed by atoms with E-state index in [0.717, 1.165) is 21.4 Å². The lowest BCUT2D eigenvalue weighted by molar-refractivity contribution is 0.154. The molecule has 0 radical (unpaired) electrons. The Morgan fingerprint density at radius 1 is 0.935 bits per heavy atom. The van der Waals surface area contributed by atoms with Gasteiger partial charge in [-0.05, 0) is 49.8 Å². The van der Waals surface area contributed by atoms with Gasteiger partial charge in [0, 0.05) is 37.6 Å². The molecule has 1 aliphatic heterocycles. The number of rotatable bonds is 6. The Labute approximate surface area is 189 Å². The smallest absolute Gasteiger partial charge is 0.236 e. The third kappa shape index (κ3) is 4.67. The van der Waals surface area contributed by atoms with Crippen LogP contribution in [0.3, 0.4) is 0 Å². The molecule has 3 aromatic rings. The van der Waals surface area contributed by atoms with Crippen molar-refractivity contribution in [1.82, 2.24) is 18.3 Å². The van der Waals surface area contributed by atoms with Gasteiger partial charge in [0.2, 0.25) is 10.0 Å². The van der Waals surface area contributed by atoms with E-state index in [0.29, 0.717) is 32.8 Å². The first kappa shape index (κ1) is 22.0. The van der Waals surface area contributed by atoms with Gasteiger partial charge in [0.15, 0.2) is 4.77 Å². The molecule has 1 saturated heterocycles. The van der Waals surface area contributed by atoms with Crippen LogP contribution in [-0.2, 0) is 16.7 Å². The topological polar surface area (TPSA) is 50.5 Å². The van der Waals surface area contributed by atoms with E-state index in [9.17, 15) is 8.42 Å². The Morgan fingerprint density at radius 3 is 2.19 bits per heavy atom. The lowest BCUT2D eigenvalue weighted by atomic mass is 10.2. The Balaban J connectivity index is 1.46. The van der Waals surface area contributed by atoms with E-state index >= 15 is 0 Å². The second-order valence-electron chi connectivity index (χ2n) is 8.08. The maximum Gasteiger partial charge on any atom is 0.236 e. The first-order valence-corrected chi connectivity index (χ1v) is 12.4. The molecule has 0 bridgehead atoms. The minimum Gasteiger partial charge on any atom is -0.314 e. The number of piperazine rings is 1. The number of hydrogen-bond acceptors (Lipinski definition) is 4. The number of aromatic nitrogens is 2. The summed E-state index contributed by atoms with van der Waals surface area (Å²) in [5.41, 5.74) is 3.12. The molecule has 0 amide bonds. The molecule has 0 atom stereocenters. The number of para-hydroxylation sites is 2. The Kier molecular flexibility index (Phi) is 6.43. The zero-order chi connectivity index (χ0) is 22.0. The van der Waals surface area contributed by atoms with Crippen LogP contribution in [-0.4, -0.2) is 52.9 Å². The van der Waals surface area contributed by atoms with Crippen LogP contribution in [0, 0.1) is 4.77 Å². The van der Waals surface area contributed by atoms with Gasteiger partial charge in [-0.3, -0.25) is 4.90 Å². The van der Waals surface area contributed by atoms with E-state index < -0.39 is 10.0 Å². The Morgan fingerprint density at radius 2 is 1.55 bits per heavy atom. The molecule has 6 nitrogen and oxygen atoms in total. The van der Waals surface area contributed by atoms with Crippen molar-refractivity contribution < 1.29 is 8.42 Å². The summed E-state index contributed by atoms with van der Waals surface area (Å²) in [5, 5.41) is 1.31. The van der Waals surface area contributed by atoms with Crippen LogP contribution in [0.5, 0.6) is 0 Å². The van der Waals surface area contributed by atoms with E-state index in [1.165, 1.54) is 5.41 Å². The molecule has 0 aliphatic carbocycles. The molecule has 0 N–H and O–H groups in total. The number of fused-ring (bicyclic) bond motifs is 1. The normalized spacial score (nSPS) is 16.6. The predicted molar refractivity (Wildman–Crippen MR) is 129 cm³/mol. The van der Waals surface area contributed by atoms with E-state index in [2.05, 4.69) is 40.0 Å². The quantitative estimate of drug-likeness (QED) is 0.518. The number of benzene rings is 2. The molecule has 31 heavy (non-hydrogen) atoms. The maximum atomic E-state index is 12.7. The van der Waals surface area contributed by atoms with E-state index in [-0.39, 0.29) is 6.04 Å². The molecule has 0 spiro atoms. The average Bonchev–Trinajstić information content (AvgIpc) is 3.05. The van der Waals surface area contributed by atoms with Crippen molar-refractivity contribution in [2.75, 3.05) is 26.2 Å². The maximum absolute atomic E-state index is 12.7. The number of imidazole rings is 1. The lowest BCUT2D eigenvalue weighted by Gasteiger charge is -2.33. The standard InChI is InChI=1S/C23H28N4O2S2/c1-19(2)27-22-11-7-6-10-21(22)26(23(27)30)18-24-13-15-25(16-14-24)31(28,29)17-12-20-8-4-3-5-9-20/h3-12,17,19H,13-16,18H2,1-2H3/b17-12+. The highest BCUT2D eigenvalue weighted by molar-refractivity contribution is 7.92. The number of sulfonamides is 1. The third-order valence-corrected chi connectivity index (χ3v) is 7.63. The van der Waals surface area contributed by atoms with Crippen LogP contribution in [0.2, 0.25) is 0 Å². The third-order valence-electron chi connectivity index (χ3n) is 5.65. The van der Waals surface area contributed by atoms with Gasteiger partial charge in [0.05, 0.1) is 17.7 Å². The summed E-state index contributed by atoms with van der Waals surface area (Å²) in [6.45, 7) is 7.21. The van der Waals surface area contributed by atoms with E-state index in [4.69, 9.17) is 12.2 Å². The largest absolute Gasteiger partial charge is 0.314 e. The molecule has 1 aliphatic rings. The zero-order valence-electron chi connectivity index (χ0n) is 17.9. The minimum absolute atomic E-state index is 0.275. The van der Waals surface area contributed by atoms with Crippen LogP contribution < -0.4 is 0 Å². The minimum atomic E-state index is -3.43. The van der Waals surface area contributed by atoms with Gasteiger partial charge in [-0.15, -0.1) is 0 Å². The lowest BCUT2D eigenvalue weighted by Crippen LogP contribution is -2.48. The highest BCUT2D eigenvalue weighted by Crippen LogP contribution is 2.23. The average molecular weight is 457 g/mol. The molecule has 4 rings (SSSR count). The molecule has 0 saturated carbocycles. The molecular formula is C23H28N4O2S2. The fourth-order valence-electron chi connectivity index (χ4n) is 4.01. The number of nitrogens with zero attached hydrogens (tertiary/aromatic N) is 4. The van der Waals surface area contributed by atoms with Crippen LogP contribution in [0.1, 0.15) is 25.5 Å². The van der Waals surface area contributed by atoms with Crippen LogP contribution >= 0.6 is 12.2 Å². The van der Waals surface area contributed by atoms with Crippen molar-refractivity contribution in [2.24, 2.45) is 0 Å². The summed E-state index contributed by atoms with van der Waals surface area (Å²) >= 11 is 5.78. The Bertz CT molecular complexity index is 1240. The molecule has 1 fully saturated rings. The summed E-state index contributed by atoms with van der Waals surface area (Å²) in [5.74, 6) is 0. The van der Waals surface area contributed by atoms with Crippen LogP contribution in [0.4, 0.5) is 0 Å². The van der Waals surface area contributed by atoms with Crippen molar-refractivity contribution >= 4 is 39.4 Å². The monoisotopic (exact) mass is 456 g/mol. The van der Waals surface area contributed by atoms with Crippen molar-refractivity contribution in [3.8, 4) is 0 Å². The van der Waals surface area contributed by atoms with Gasteiger partial charge in [0.25, 0.3) is 0 Å². The summed E-state index contributed by atoms with van der Waals surface area (Å²) in [6.07, 6.45) is 1.65. The van der Waals surface area contributed by atoms with Gasteiger partial charge < -0.3 is 9.13 Å². The molecule has 0 unspecified atom stereocenters. The summed E-state index contributed by atoms with van der Waals surface area (Å²) < 4.78 is 32.1. The highest BCUT2D eigenvalue weighted by Gasteiger charge is 2.25. The first-order chi connectivity index (χ1) is 14.9. The number of hydrogen-bond donors (Lipinski definition) is 0. The molecule has 1 aromatic heterocycles. The highest BCUT2D eigenvalue weighted by atomic mass is 32.2. The van der Waals surface area contributed by atoms with Gasteiger partial charge in [0.1, 0.15) is 0 Å². The summed E-state index contributed by atoms with van der Waals surface area (Å²) in [6, 6.07) is 18.0. The molecule has 8 heteroatoms. The molecule has 164 valence electrons. The van der Waals surface area contributed by atoms with Gasteiger partial charge in [-0.1, -0.05) is 42.5 Å². The second kappa shape index (κ2) is 9.08. The van der Waals surface area contributed by atoms with Crippen molar-refractivity contribution in [3.05, 3.63) is 70.3 Å². The summed E-state index contributed by atoms with van der Waals surface area (Å²) in [4.78, 5) is 2.26. The molecular weight excluding hydrogens is 428 g/mol. The fourth-order valence-corrected chi connectivity index (χ4v) is 5.65. The van der Waals surface area contributed by atoms with Gasteiger partial charge >= 0.3 is 0 Å². The second-order valence-corrected chi connectivity index (χ2v) is 10.3. The van der Waals surface area contributed by atoms with Crippen molar-refractivity contribution in [3.63, 3.8) is 0 Å². The van der Waals surface area contributed by atoms with Crippen molar-refractivity contribution in [1.29, 1.82) is 0 Å². The fraction of sp³-hybridized carbons (Fsp3) is 0.348. The van der Waals surface area contributed by atoms with E-state index in [1.54, 1.807) is 10.4 Å². The van der Waals surface area contributed by atoms with E-state index in [1.807, 2.05) is 42.5 Å². The Hall–Kier alpha value is -2.26. The van der Waals surface area contributed by atoms with Crippen LogP contribution in [0.25, 0.3) is 17.1 Å². The SMILES string of the molecule is CC(C)n1c(=S)n(CN2CCN(S(=O)(=O)/C=C/c3ccccc3)CC2)c2ccccc21. The van der Waals surface area contributed by atoms with Gasteiger partial charge in [-0.25, -0.2) is 8.42 Å².